The second-order valence-electron chi connectivity index (χ2n) is 6.83. The zero-order valence-corrected chi connectivity index (χ0v) is 15.3. The van der Waals surface area contributed by atoms with Crippen LogP contribution in [0.15, 0.2) is 35.4 Å². The van der Waals surface area contributed by atoms with Gasteiger partial charge < -0.3 is 4.57 Å². The molecule has 0 saturated carbocycles. The molecule has 1 fully saturated rings. The van der Waals surface area contributed by atoms with Crippen LogP contribution in [0.1, 0.15) is 38.5 Å². The van der Waals surface area contributed by atoms with E-state index in [2.05, 4.69) is 21.4 Å². The van der Waals surface area contributed by atoms with Crippen molar-refractivity contribution >= 4 is 24.1 Å². The number of imidazole rings is 1. The molecule has 0 spiro atoms. The van der Waals surface area contributed by atoms with Gasteiger partial charge in [0, 0.05) is 38.2 Å². The van der Waals surface area contributed by atoms with Gasteiger partial charge in [0.05, 0.1) is 6.33 Å². The van der Waals surface area contributed by atoms with Crippen LogP contribution in [-0.2, 0) is 16.1 Å². The van der Waals surface area contributed by atoms with Crippen LogP contribution in [0.3, 0.4) is 0 Å². The van der Waals surface area contributed by atoms with E-state index in [0.29, 0.717) is 19.5 Å². The third-order valence-corrected chi connectivity index (χ3v) is 4.85. The third-order valence-electron chi connectivity index (χ3n) is 4.85. The number of hydrogen-bond acceptors (Lipinski definition) is 5. The van der Waals surface area contributed by atoms with Crippen molar-refractivity contribution in [1.82, 2.24) is 19.8 Å². The van der Waals surface area contributed by atoms with Crippen molar-refractivity contribution in [3.05, 3.63) is 30.4 Å². The summed E-state index contributed by atoms with van der Waals surface area (Å²) in [7, 11) is 0. The van der Waals surface area contributed by atoms with Gasteiger partial charge >= 0.3 is 6.03 Å². The predicted octanol–water partition coefficient (Wildman–Crippen LogP) is 1.93. The molecule has 4 amide bonds. The minimum atomic E-state index is -1.03. The highest BCUT2D eigenvalue weighted by Crippen LogP contribution is 2.21. The minimum absolute atomic E-state index is 0.300. The Hall–Kier alpha value is -2.77. The number of imide groups is 2. The number of nitrogens with one attached hydrogen (secondary N) is 1. The van der Waals surface area contributed by atoms with E-state index < -0.39 is 23.8 Å². The van der Waals surface area contributed by atoms with Gasteiger partial charge in [-0.3, -0.25) is 24.8 Å². The lowest BCUT2D eigenvalue weighted by Crippen LogP contribution is -2.58. The Labute approximate surface area is 158 Å². The lowest BCUT2D eigenvalue weighted by Gasteiger charge is -2.29. The fourth-order valence-corrected chi connectivity index (χ4v) is 3.30. The summed E-state index contributed by atoms with van der Waals surface area (Å²) in [5, 5.41) is 2.27. The lowest BCUT2D eigenvalue weighted by molar-refractivity contribution is -0.139. The maximum absolute atomic E-state index is 12.6. The minimum Gasteiger partial charge on any atom is -0.337 e. The molecule has 1 aromatic heterocycles. The van der Waals surface area contributed by atoms with Gasteiger partial charge in [-0.1, -0.05) is 11.6 Å². The van der Waals surface area contributed by atoms with Gasteiger partial charge in [-0.05, 0) is 38.5 Å². The van der Waals surface area contributed by atoms with Crippen LogP contribution in [0.2, 0.25) is 0 Å². The standard InChI is InChI=1S/C19H25N5O3/c25-17-16(13-20-8-4-10-23-12-9-21-14-23)18(26)24(19(27)22-17)11-7-15-5-2-1-3-6-15/h5,9,12-14,16H,1-4,6-8,10-11H2,(H,22,25,27). The molecule has 2 heterocycles. The van der Waals surface area contributed by atoms with Crippen LogP contribution < -0.4 is 5.32 Å². The van der Waals surface area contributed by atoms with Crippen molar-refractivity contribution in [1.29, 1.82) is 0 Å². The summed E-state index contributed by atoms with van der Waals surface area (Å²) in [6.07, 6.45) is 14.7. The van der Waals surface area contributed by atoms with Crippen LogP contribution in [0, 0.1) is 5.92 Å². The van der Waals surface area contributed by atoms with Crippen LogP contribution in [0.4, 0.5) is 4.79 Å². The van der Waals surface area contributed by atoms with Crippen LogP contribution in [-0.4, -0.2) is 51.6 Å². The monoisotopic (exact) mass is 371 g/mol. The molecule has 8 nitrogen and oxygen atoms in total. The fraction of sp³-hybridized carbons (Fsp3) is 0.526. The molecule has 2 aliphatic rings. The van der Waals surface area contributed by atoms with E-state index in [-0.39, 0.29) is 0 Å². The molecule has 1 aliphatic heterocycles. The summed E-state index contributed by atoms with van der Waals surface area (Å²) < 4.78 is 1.94. The summed E-state index contributed by atoms with van der Waals surface area (Å²) in [5.41, 5.74) is 1.28. The summed E-state index contributed by atoms with van der Waals surface area (Å²) in [4.78, 5) is 46.0. The Morgan fingerprint density at radius 2 is 2.15 bits per heavy atom. The molecule has 0 aromatic carbocycles. The van der Waals surface area contributed by atoms with Crippen molar-refractivity contribution in [3.63, 3.8) is 0 Å². The number of amides is 4. The Balaban J connectivity index is 1.51. The number of barbiturate groups is 1. The van der Waals surface area contributed by atoms with Gasteiger partial charge in [0.1, 0.15) is 0 Å². The molecular formula is C19H25N5O3. The summed E-state index contributed by atoms with van der Waals surface area (Å²) in [5.74, 6) is -2.12. The first kappa shape index (κ1) is 19.0. The number of hydrogen-bond donors (Lipinski definition) is 1. The number of aromatic nitrogens is 2. The second-order valence-corrected chi connectivity index (χ2v) is 6.83. The van der Waals surface area contributed by atoms with Crippen molar-refractivity contribution in [2.45, 2.75) is 45.1 Å². The average Bonchev–Trinajstić information content (AvgIpc) is 3.18. The molecule has 1 N–H and O–H groups in total. The van der Waals surface area contributed by atoms with Gasteiger partial charge in [-0.25, -0.2) is 9.78 Å². The van der Waals surface area contributed by atoms with Crippen molar-refractivity contribution in [2.75, 3.05) is 13.1 Å². The van der Waals surface area contributed by atoms with Crippen LogP contribution >= 0.6 is 0 Å². The zero-order valence-electron chi connectivity index (χ0n) is 15.3. The maximum atomic E-state index is 12.6. The molecule has 1 aliphatic carbocycles. The number of rotatable bonds is 8. The Kier molecular flexibility index (Phi) is 6.51. The lowest BCUT2D eigenvalue weighted by atomic mass is 9.97. The van der Waals surface area contributed by atoms with Gasteiger partial charge in [-0.15, -0.1) is 0 Å². The molecule has 27 heavy (non-hydrogen) atoms. The molecule has 1 atom stereocenters. The van der Waals surface area contributed by atoms with Gasteiger partial charge in [-0.2, -0.15) is 0 Å². The molecule has 1 aromatic rings. The number of aliphatic imine (C=N–C) groups is 1. The molecular weight excluding hydrogens is 346 g/mol. The number of urea groups is 1. The fourth-order valence-electron chi connectivity index (χ4n) is 3.30. The van der Waals surface area contributed by atoms with E-state index in [9.17, 15) is 14.4 Å². The van der Waals surface area contributed by atoms with Gasteiger partial charge in [0.25, 0.3) is 0 Å². The molecule has 1 unspecified atom stereocenters. The normalized spacial score (nSPS) is 20.9. The topological polar surface area (TPSA) is 96.7 Å². The number of nitrogens with zero attached hydrogens (tertiary/aromatic N) is 4. The van der Waals surface area contributed by atoms with Crippen molar-refractivity contribution < 1.29 is 14.4 Å². The molecule has 8 heteroatoms. The van der Waals surface area contributed by atoms with E-state index in [1.54, 1.807) is 12.5 Å². The first-order valence-electron chi connectivity index (χ1n) is 9.45. The average molecular weight is 371 g/mol. The first-order valence-corrected chi connectivity index (χ1v) is 9.45. The molecule has 1 saturated heterocycles. The van der Waals surface area contributed by atoms with Crippen molar-refractivity contribution in [3.8, 4) is 0 Å². The molecule has 144 valence electrons. The number of carbonyl (C=O) groups is 3. The predicted molar refractivity (Wildman–Crippen MR) is 100 cm³/mol. The zero-order chi connectivity index (χ0) is 19.1. The van der Waals surface area contributed by atoms with E-state index in [0.717, 1.165) is 37.1 Å². The molecule has 3 rings (SSSR count). The first-order chi connectivity index (χ1) is 13.1. The van der Waals surface area contributed by atoms with E-state index in [1.807, 2.05) is 10.8 Å². The van der Waals surface area contributed by atoms with Crippen molar-refractivity contribution in [2.24, 2.45) is 10.9 Å². The van der Waals surface area contributed by atoms with Crippen LogP contribution in [0.25, 0.3) is 0 Å². The number of aryl methyl sites for hydroxylation is 1. The van der Waals surface area contributed by atoms with E-state index in [1.165, 1.54) is 18.2 Å². The summed E-state index contributed by atoms with van der Waals surface area (Å²) in [6, 6.07) is -0.633. The molecule has 0 bridgehead atoms. The summed E-state index contributed by atoms with van der Waals surface area (Å²) >= 11 is 0. The Bertz CT molecular complexity index is 739. The quantitative estimate of drug-likeness (QED) is 0.327. The SMILES string of the molecule is O=C1NC(=O)N(CCC2=CCCCC2)C(=O)C1C=NCCCn1ccnc1. The highest BCUT2D eigenvalue weighted by atomic mass is 16.2. The highest BCUT2D eigenvalue weighted by Gasteiger charge is 2.39. The van der Waals surface area contributed by atoms with Gasteiger partial charge in [0.2, 0.25) is 11.8 Å². The Morgan fingerprint density at radius 3 is 2.89 bits per heavy atom. The largest absolute Gasteiger partial charge is 0.337 e. The van der Waals surface area contributed by atoms with E-state index >= 15 is 0 Å². The smallest absolute Gasteiger partial charge is 0.330 e. The van der Waals surface area contributed by atoms with E-state index in [4.69, 9.17) is 0 Å². The number of carbonyl (C=O) groups excluding carboxylic acids is 3. The summed E-state index contributed by atoms with van der Waals surface area (Å²) in [6.45, 7) is 1.56. The number of allylic oxidation sites excluding steroid dienone is 1. The Morgan fingerprint density at radius 1 is 1.26 bits per heavy atom. The van der Waals surface area contributed by atoms with Gasteiger partial charge in [0.15, 0.2) is 5.92 Å². The molecule has 0 radical (unpaired) electrons. The maximum Gasteiger partial charge on any atom is 0.330 e. The second kappa shape index (κ2) is 9.25. The third kappa shape index (κ3) is 5.12. The van der Waals surface area contributed by atoms with Crippen LogP contribution in [0.5, 0.6) is 0 Å². The highest BCUT2D eigenvalue weighted by molar-refractivity contribution is 6.23.